The van der Waals surface area contributed by atoms with Crippen molar-refractivity contribution in [3.8, 4) is 0 Å². The largest absolute Gasteiger partial charge is 0.522 e. The van der Waals surface area contributed by atoms with Gasteiger partial charge in [0, 0.05) is 10.7 Å². The Morgan fingerprint density at radius 2 is 2.06 bits per heavy atom. The lowest BCUT2D eigenvalue weighted by molar-refractivity contribution is -0.322. The first-order valence-corrected chi connectivity index (χ1v) is 6.13. The molecule has 96 valence electrons. The number of hydrogen-bond acceptors (Lipinski definition) is 3. The Morgan fingerprint density at radius 1 is 1.41 bits per heavy atom. The fourth-order valence-electron chi connectivity index (χ4n) is 1.07. The Kier molecular flexibility index (Phi) is 4.79. The lowest BCUT2D eigenvalue weighted by Crippen LogP contribution is -2.18. The van der Waals surface area contributed by atoms with Crippen molar-refractivity contribution in [1.29, 1.82) is 0 Å². The predicted octanol–water partition coefficient (Wildman–Crippen LogP) is 2.57. The molecule has 0 bridgehead atoms. The fourth-order valence-corrected chi connectivity index (χ4v) is 2.25. The quantitative estimate of drug-likeness (QED) is 0.866. The van der Waals surface area contributed by atoms with Crippen LogP contribution < -0.4 is 5.73 Å². The molecule has 1 unspecified atom stereocenters. The number of alkyl halides is 3. The van der Waals surface area contributed by atoms with Crippen LogP contribution >= 0.6 is 11.6 Å². The van der Waals surface area contributed by atoms with Crippen LogP contribution in [0.5, 0.6) is 0 Å². The number of rotatable bonds is 4. The van der Waals surface area contributed by atoms with Crippen LogP contribution in [0.3, 0.4) is 0 Å². The SMILES string of the molecule is Nc1cc(Cl)ccc1S(=O)CCOC(F)(F)F. The summed E-state index contributed by atoms with van der Waals surface area (Å²) in [5, 5.41) is 0.370. The predicted molar refractivity (Wildman–Crippen MR) is 59.1 cm³/mol. The van der Waals surface area contributed by atoms with Gasteiger partial charge in [-0.3, -0.25) is 8.95 Å². The molecule has 17 heavy (non-hydrogen) atoms. The Labute approximate surface area is 103 Å². The summed E-state index contributed by atoms with van der Waals surface area (Å²) in [4.78, 5) is 0.250. The average molecular weight is 288 g/mol. The zero-order valence-electron chi connectivity index (χ0n) is 8.46. The summed E-state index contributed by atoms with van der Waals surface area (Å²) >= 11 is 5.63. The Morgan fingerprint density at radius 3 is 2.59 bits per heavy atom. The molecule has 0 aliphatic heterocycles. The topological polar surface area (TPSA) is 52.3 Å². The minimum absolute atomic E-state index is 0.183. The summed E-state index contributed by atoms with van der Waals surface area (Å²) in [6.07, 6.45) is -4.71. The molecule has 8 heteroatoms. The number of nitrogen functional groups attached to an aromatic ring is 1. The van der Waals surface area contributed by atoms with Gasteiger partial charge in [-0.05, 0) is 18.2 Å². The normalized spacial score (nSPS) is 13.6. The highest BCUT2D eigenvalue weighted by molar-refractivity contribution is 7.85. The summed E-state index contributed by atoms with van der Waals surface area (Å²) in [6, 6.07) is 4.27. The fraction of sp³-hybridized carbons (Fsp3) is 0.333. The summed E-state index contributed by atoms with van der Waals surface area (Å²) in [5.74, 6) is -0.286. The number of nitrogens with two attached hydrogens (primary N) is 1. The maximum Gasteiger partial charge on any atom is 0.522 e. The second kappa shape index (κ2) is 5.70. The maximum absolute atomic E-state index is 11.7. The zero-order chi connectivity index (χ0) is 13.1. The number of anilines is 1. The van der Waals surface area contributed by atoms with E-state index in [2.05, 4.69) is 4.74 Å². The molecule has 0 saturated heterocycles. The zero-order valence-corrected chi connectivity index (χ0v) is 10.0. The van der Waals surface area contributed by atoms with Crippen LogP contribution in [-0.2, 0) is 15.5 Å². The van der Waals surface area contributed by atoms with E-state index in [0.717, 1.165) is 0 Å². The number of hydrogen-bond donors (Lipinski definition) is 1. The van der Waals surface area contributed by atoms with Crippen LogP contribution in [0.4, 0.5) is 18.9 Å². The third-order valence-corrected chi connectivity index (χ3v) is 3.39. The van der Waals surface area contributed by atoms with Crippen LogP contribution in [0.1, 0.15) is 0 Å². The molecular weight excluding hydrogens is 279 g/mol. The van der Waals surface area contributed by atoms with Crippen LogP contribution in [0.2, 0.25) is 5.02 Å². The summed E-state index contributed by atoms with van der Waals surface area (Å²) in [5.41, 5.74) is 5.72. The van der Waals surface area contributed by atoms with Crippen molar-refractivity contribution in [3.05, 3.63) is 23.2 Å². The lowest BCUT2D eigenvalue weighted by atomic mass is 10.3. The van der Waals surface area contributed by atoms with Gasteiger partial charge in [-0.15, -0.1) is 13.2 Å². The summed E-state index contributed by atoms with van der Waals surface area (Å²) < 4.78 is 50.2. The van der Waals surface area contributed by atoms with Gasteiger partial charge in [0.2, 0.25) is 0 Å². The highest BCUT2D eigenvalue weighted by atomic mass is 35.5. The third kappa shape index (κ3) is 4.93. The van der Waals surface area contributed by atoms with Gasteiger partial charge in [-0.1, -0.05) is 11.6 Å². The van der Waals surface area contributed by atoms with E-state index in [4.69, 9.17) is 17.3 Å². The van der Waals surface area contributed by atoms with Crippen LogP contribution in [0.25, 0.3) is 0 Å². The van der Waals surface area contributed by atoms with Gasteiger partial charge in [-0.2, -0.15) is 0 Å². The molecule has 0 amide bonds. The van der Waals surface area contributed by atoms with E-state index in [1.165, 1.54) is 18.2 Å². The molecule has 0 spiro atoms. The molecule has 1 aromatic carbocycles. The second-order valence-electron chi connectivity index (χ2n) is 3.03. The van der Waals surface area contributed by atoms with Crippen molar-refractivity contribution < 1.29 is 22.1 Å². The van der Waals surface area contributed by atoms with Crippen LogP contribution in [0, 0.1) is 0 Å². The first-order valence-electron chi connectivity index (χ1n) is 4.43. The molecule has 0 radical (unpaired) electrons. The molecule has 0 saturated carbocycles. The third-order valence-electron chi connectivity index (χ3n) is 1.75. The van der Waals surface area contributed by atoms with Gasteiger partial charge in [0.1, 0.15) is 0 Å². The van der Waals surface area contributed by atoms with Crippen molar-refractivity contribution in [3.63, 3.8) is 0 Å². The van der Waals surface area contributed by atoms with Crippen molar-refractivity contribution in [2.24, 2.45) is 0 Å². The molecule has 0 fully saturated rings. The second-order valence-corrected chi connectivity index (χ2v) is 5.00. The van der Waals surface area contributed by atoms with Gasteiger partial charge in [0.15, 0.2) is 0 Å². The van der Waals surface area contributed by atoms with Crippen LogP contribution in [0.15, 0.2) is 23.1 Å². The van der Waals surface area contributed by atoms with Gasteiger partial charge in [0.25, 0.3) is 0 Å². The molecule has 1 atom stereocenters. The minimum Gasteiger partial charge on any atom is -0.398 e. The standard InChI is InChI=1S/C9H9ClF3NO2S/c10-6-1-2-8(7(14)5-6)17(15)4-3-16-9(11,12)13/h1-2,5H,3-4,14H2. The average Bonchev–Trinajstić information content (AvgIpc) is 2.15. The maximum atomic E-state index is 11.7. The summed E-state index contributed by atoms with van der Waals surface area (Å²) in [6.45, 7) is -0.682. The van der Waals surface area contributed by atoms with Gasteiger partial charge in [0.05, 0.1) is 28.1 Å². The Hall–Kier alpha value is -0.790. The molecule has 0 aliphatic carbocycles. The highest BCUT2D eigenvalue weighted by Crippen LogP contribution is 2.22. The molecule has 3 nitrogen and oxygen atoms in total. The molecule has 2 N–H and O–H groups in total. The monoisotopic (exact) mass is 287 g/mol. The van der Waals surface area contributed by atoms with Gasteiger partial charge < -0.3 is 5.73 Å². The number of ether oxygens (including phenoxy) is 1. The van der Waals surface area contributed by atoms with E-state index in [1.807, 2.05) is 0 Å². The van der Waals surface area contributed by atoms with Gasteiger partial charge in [-0.25, -0.2) is 0 Å². The van der Waals surface area contributed by atoms with Crippen LogP contribution in [-0.4, -0.2) is 22.9 Å². The van der Waals surface area contributed by atoms with E-state index in [-0.39, 0.29) is 16.3 Å². The van der Waals surface area contributed by atoms with Crippen molar-refractivity contribution in [2.75, 3.05) is 18.1 Å². The van der Waals surface area contributed by atoms with E-state index in [0.29, 0.717) is 5.02 Å². The molecule has 0 heterocycles. The highest BCUT2D eigenvalue weighted by Gasteiger charge is 2.29. The van der Waals surface area contributed by atoms with E-state index < -0.39 is 23.8 Å². The number of benzene rings is 1. The van der Waals surface area contributed by atoms with E-state index in [1.54, 1.807) is 0 Å². The van der Waals surface area contributed by atoms with E-state index in [9.17, 15) is 17.4 Å². The molecular formula is C9H9ClF3NO2S. The first kappa shape index (κ1) is 14.3. The molecule has 1 aromatic rings. The molecule has 1 rings (SSSR count). The molecule has 0 aliphatic rings. The minimum atomic E-state index is -4.71. The first-order chi connectivity index (χ1) is 7.79. The number of halogens is 4. The van der Waals surface area contributed by atoms with Crippen molar-refractivity contribution in [1.82, 2.24) is 0 Å². The molecule has 0 aromatic heterocycles. The van der Waals surface area contributed by atoms with Crippen molar-refractivity contribution >= 4 is 28.1 Å². The Balaban J connectivity index is 2.59. The van der Waals surface area contributed by atoms with E-state index >= 15 is 0 Å². The lowest BCUT2D eigenvalue weighted by Gasteiger charge is -2.08. The van der Waals surface area contributed by atoms with Gasteiger partial charge >= 0.3 is 6.36 Å². The smallest absolute Gasteiger partial charge is 0.398 e. The Bertz CT molecular complexity index is 425. The summed E-state index contributed by atoms with van der Waals surface area (Å²) in [7, 11) is -1.65. The van der Waals surface area contributed by atoms with Crippen molar-refractivity contribution in [2.45, 2.75) is 11.3 Å².